The summed E-state index contributed by atoms with van der Waals surface area (Å²) in [6.07, 6.45) is 2.69. The monoisotopic (exact) mass is 250 g/mol. The van der Waals surface area contributed by atoms with Gasteiger partial charge in [0.1, 0.15) is 11.6 Å². The molecule has 1 aromatic rings. The van der Waals surface area contributed by atoms with Crippen molar-refractivity contribution in [1.29, 1.82) is 0 Å². The van der Waals surface area contributed by atoms with Gasteiger partial charge in [-0.2, -0.15) is 0 Å². The number of anilines is 1. The molecule has 5 heteroatoms. The van der Waals surface area contributed by atoms with Gasteiger partial charge in [-0.3, -0.25) is 4.90 Å². The van der Waals surface area contributed by atoms with Gasteiger partial charge < -0.3 is 10.1 Å². The first-order chi connectivity index (χ1) is 8.71. The Morgan fingerprint density at radius 2 is 2.33 bits per heavy atom. The number of rotatable bonds is 4. The molecule has 1 N–H and O–H groups in total. The SMILES string of the molecule is CNc1cc(C)nc(CN2CCCC(OC)C2)n1. The van der Waals surface area contributed by atoms with Crippen molar-refractivity contribution in [3.05, 3.63) is 17.6 Å². The van der Waals surface area contributed by atoms with Crippen LogP contribution in [0, 0.1) is 6.92 Å². The zero-order chi connectivity index (χ0) is 13.0. The maximum atomic E-state index is 5.43. The van der Waals surface area contributed by atoms with Crippen molar-refractivity contribution in [2.75, 3.05) is 32.6 Å². The second kappa shape index (κ2) is 6.11. The quantitative estimate of drug-likeness (QED) is 0.876. The molecule has 1 atom stereocenters. The molecule has 100 valence electrons. The van der Waals surface area contributed by atoms with Gasteiger partial charge in [-0.15, -0.1) is 0 Å². The van der Waals surface area contributed by atoms with Gasteiger partial charge in [0.25, 0.3) is 0 Å². The Morgan fingerprint density at radius 3 is 3.06 bits per heavy atom. The normalized spacial score (nSPS) is 20.9. The molecule has 1 aliphatic rings. The van der Waals surface area contributed by atoms with E-state index in [9.17, 15) is 0 Å². The van der Waals surface area contributed by atoms with Crippen LogP contribution in [0.2, 0.25) is 0 Å². The van der Waals surface area contributed by atoms with Crippen LogP contribution < -0.4 is 5.32 Å². The zero-order valence-electron chi connectivity index (χ0n) is 11.4. The lowest BCUT2D eigenvalue weighted by Gasteiger charge is -2.31. The lowest BCUT2D eigenvalue weighted by atomic mass is 10.1. The topological polar surface area (TPSA) is 50.3 Å². The van der Waals surface area contributed by atoms with Crippen LogP contribution in [-0.2, 0) is 11.3 Å². The second-order valence-corrected chi connectivity index (χ2v) is 4.80. The Balaban J connectivity index is 2.02. The highest BCUT2D eigenvalue weighted by molar-refractivity contribution is 5.34. The predicted octanol–water partition coefficient (Wildman–Crippen LogP) is 1.44. The smallest absolute Gasteiger partial charge is 0.144 e. The van der Waals surface area contributed by atoms with E-state index in [2.05, 4.69) is 20.2 Å². The van der Waals surface area contributed by atoms with Crippen molar-refractivity contribution < 1.29 is 4.74 Å². The van der Waals surface area contributed by atoms with Gasteiger partial charge in [0.15, 0.2) is 0 Å². The fraction of sp³-hybridized carbons (Fsp3) is 0.692. The number of aromatic nitrogens is 2. The first-order valence-corrected chi connectivity index (χ1v) is 6.48. The van der Waals surface area contributed by atoms with Gasteiger partial charge in [0, 0.05) is 32.5 Å². The Bertz CT molecular complexity index is 397. The van der Waals surface area contributed by atoms with Crippen LogP contribution in [0.1, 0.15) is 24.4 Å². The highest BCUT2D eigenvalue weighted by atomic mass is 16.5. The predicted molar refractivity (Wildman–Crippen MR) is 71.6 cm³/mol. The molecule has 18 heavy (non-hydrogen) atoms. The van der Waals surface area contributed by atoms with Crippen LogP contribution in [0.25, 0.3) is 0 Å². The van der Waals surface area contributed by atoms with E-state index >= 15 is 0 Å². The van der Waals surface area contributed by atoms with Gasteiger partial charge in [0.2, 0.25) is 0 Å². The molecule has 2 rings (SSSR count). The van der Waals surface area contributed by atoms with Gasteiger partial charge in [-0.05, 0) is 26.3 Å². The molecule has 1 saturated heterocycles. The molecule has 1 aromatic heterocycles. The van der Waals surface area contributed by atoms with Crippen LogP contribution in [0.15, 0.2) is 6.07 Å². The number of aryl methyl sites for hydroxylation is 1. The molecule has 2 heterocycles. The Kier molecular flexibility index (Phi) is 4.49. The van der Waals surface area contributed by atoms with E-state index < -0.39 is 0 Å². The van der Waals surface area contributed by atoms with Gasteiger partial charge in [-0.1, -0.05) is 0 Å². The van der Waals surface area contributed by atoms with E-state index in [0.717, 1.165) is 43.4 Å². The molecule has 0 aromatic carbocycles. The summed E-state index contributed by atoms with van der Waals surface area (Å²) in [5.74, 6) is 1.77. The van der Waals surface area contributed by atoms with Gasteiger partial charge >= 0.3 is 0 Å². The van der Waals surface area contributed by atoms with Crippen LogP contribution >= 0.6 is 0 Å². The molecule has 0 radical (unpaired) electrons. The first-order valence-electron chi connectivity index (χ1n) is 6.48. The summed E-state index contributed by atoms with van der Waals surface area (Å²) < 4.78 is 5.43. The number of hydrogen-bond acceptors (Lipinski definition) is 5. The Labute approximate surface area is 109 Å². The first kappa shape index (κ1) is 13.2. The molecule has 0 spiro atoms. The lowest BCUT2D eigenvalue weighted by molar-refractivity contribution is 0.0277. The summed E-state index contributed by atoms with van der Waals surface area (Å²) in [7, 11) is 3.67. The van der Waals surface area contributed by atoms with E-state index in [1.54, 1.807) is 7.11 Å². The van der Waals surface area contributed by atoms with E-state index in [0.29, 0.717) is 6.10 Å². The maximum absolute atomic E-state index is 5.43. The average molecular weight is 250 g/mol. The van der Waals surface area contributed by atoms with Crippen molar-refractivity contribution in [3.8, 4) is 0 Å². The molecule has 0 aliphatic carbocycles. The van der Waals surface area contributed by atoms with Crippen LogP contribution in [0.4, 0.5) is 5.82 Å². The Hall–Kier alpha value is -1.20. The van der Waals surface area contributed by atoms with E-state index in [1.807, 2.05) is 20.0 Å². The molecular formula is C13H22N4O. The number of ether oxygens (including phenoxy) is 1. The molecular weight excluding hydrogens is 228 g/mol. The number of nitrogens with one attached hydrogen (secondary N) is 1. The zero-order valence-corrected chi connectivity index (χ0v) is 11.4. The molecule has 5 nitrogen and oxygen atoms in total. The molecule has 0 bridgehead atoms. The Morgan fingerprint density at radius 1 is 1.50 bits per heavy atom. The minimum Gasteiger partial charge on any atom is -0.380 e. The van der Waals surface area contributed by atoms with Crippen LogP contribution in [-0.4, -0.2) is 48.2 Å². The molecule has 1 aliphatic heterocycles. The molecule has 1 fully saturated rings. The lowest BCUT2D eigenvalue weighted by Crippen LogP contribution is -2.39. The standard InChI is InChI=1S/C13H22N4O/c1-10-7-12(14-2)16-13(15-10)9-17-6-4-5-11(8-17)18-3/h7,11H,4-6,8-9H2,1-3H3,(H,14,15,16). The number of nitrogens with zero attached hydrogens (tertiary/aromatic N) is 3. The third kappa shape index (κ3) is 3.40. The average Bonchev–Trinajstić information content (AvgIpc) is 2.38. The second-order valence-electron chi connectivity index (χ2n) is 4.80. The van der Waals surface area contributed by atoms with E-state index in [-0.39, 0.29) is 0 Å². The highest BCUT2D eigenvalue weighted by Crippen LogP contribution is 2.15. The van der Waals surface area contributed by atoms with E-state index in [1.165, 1.54) is 6.42 Å². The summed E-state index contributed by atoms with van der Waals surface area (Å²) in [6.45, 7) is 4.88. The number of methoxy groups -OCH3 is 1. The van der Waals surface area contributed by atoms with Crippen molar-refractivity contribution in [1.82, 2.24) is 14.9 Å². The minimum absolute atomic E-state index is 0.354. The maximum Gasteiger partial charge on any atom is 0.144 e. The summed E-state index contributed by atoms with van der Waals surface area (Å²) in [5.41, 5.74) is 1.00. The third-order valence-corrected chi connectivity index (χ3v) is 3.32. The van der Waals surface area contributed by atoms with Crippen molar-refractivity contribution >= 4 is 5.82 Å². The number of piperidine rings is 1. The van der Waals surface area contributed by atoms with Crippen molar-refractivity contribution in [3.63, 3.8) is 0 Å². The van der Waals surface area contributed by atoms with E-state index in [4.69, 9.17) is 4.74 Å². The molecule has 0 amide bonds. The fourth-order valence-corrected chi connectivity index (χ4v) is 2.38. The number of hydrogen-bond donors (Lipinski definition) is 1. The largest absolute Gasteiger partial charge is 0.380 e. The summed E-state index contributed by atoms with van der Waals surface area (Å²) in [4.78, 5) is 11.4. The minimum atomic E-state index is 0.354. The fourth-order valence-electron chi connectivity index (χ4n) is 2.38. The highest BCUT2D eigenvalue weighted by Gasteiger charge is 2.20. The molecule has 1 unspecified atom stereocenters. The number of likely N-dealkylation sites (tertiary alicyclic amines) is 1. The summed E-state index contributed by atoms with van der Waals surface area (Å²) in [5, 5.41) is 3.07. The third-order valence-electron chi connectivity index (χ3n) is 3.32. The van der Waals surface area contributed by atoms with Gasteiger partial charge in [-0.25, -0.2) is 9.97 Å². The van der Waals surface area contributed by atoms with Gasteiger partial charge in [0.05, 0.1) is 12.6 Å². The van der Waals surface area contributed by atoms with Crippen LogP contribution in [0.3, 0.4) is 0 Å². The summed E-state index contributed by atoms with van der Waals surface area (Å²) in [6, 6.07) is 1.96. The van der Waals surface area contributed by atoms with Crippen LogP contribution in [0.5, 0.6) is 0 Å². The van der Waals surface area contributed by atoms with Crippen molar-refractivity contribution in [2.45, 2.75) is 32.4 Å². The van der Waals surface area contributed by atoms with Crippen molar-refractivity contribution in [2.24, 2.45) is 0 Å². The molecule has 0 saturated carbocycles. The summed E-state index contributed by atoms with van der Waals surface area (Å²) >= 11 is 0.